The van der Waals surface area contributed by atoms with E-state index in [-0.39, 0.29) is 18.2 Å². The van der Waals surface area contributed by atoms with E-state index < -0.39 is 0 Å². The molecule has 1 aromatic carbocycles. The Kier molecular flexibility index (Phi) is 5.48. The molecule has 1 aromatic heterocycles. The van der Waals surface area contributed by atoms with Crippen LogP contribution in [-0.4, -0.2) is 41.7 Å². The largest absolute Gasteiger partial charge is 0.374 e. The standard InChI is InChI=1S/C18H23N3O2S/c1-13-12-24-17(19-13)14(2)20-18(22)21-8-9-23-16(11-21)10-15-6-4-3-5-7-15/h3-7,12,14,16H,8-11H2,1-2H3,(H,20,22)/t14-,16+/m0/s1. The number of thiazole rings is 1. The first-order valence-corrected chi connectivity index (χ1v) is 9.13. The molecular weight excluding hydrogens is 322 g/mol. The number of amides is 2. The molecule has 0 radical (unpaired) electrons. The lowest BCUT2D eigenvalue weighted by Crippen LogP contribution is -2.50. The summed E-state index contributed by atoms with van der Waals surface area (Å²) in [6.45, 7) is 5.75. The van der Waals surface area contributed by atoms with Gasteiger partial charge >= 0.3 is 6.03 Å². The van der Waals surface area contributed by atoms with E-state index >= 15 is 0 Å². The van der Waals surface area contributed by atoms with E-state index in [0.717, 1.165) is 17.1 Å². The van der Waals surface area contributed by atoms with E-state index in [1.807, 2.05) is 42.3 Å². The maximum atomic E-state index is 12.5. The van der Waals surface area contributed by atoms with Crippen LogP contribution in [0.3, 0.4) is 0 Å². The molecule has 0 saturated carbocycles. The predicted octanol–water partition coefficient (Wildman–Crippen LogP) is 3.17. The van der Waals surface area contributed by atoms with Gasteiger partial charge in [0.25, 0.3) is 0 Å². The van der Waals surface area contributed by atoms with Gasteiger partial charge in [-0.05, 0) is 19.4 Å². The monoisotopic (exact) mass is 345 g/mol. The van der Waals surface area contributed by atoms with Crippen LogP contribution in [0.4, 0.5) is 4.79 Å². The van der Waals surface area contributed by atoms with Gasteiger partial charge in [-0.2, -0.15) is 0 Å². The van der Waals surface area contributed by atoms with E-state index in [4.69, 9.17) is 4.74 Å². The first-order valence-electron chi connectivity index (χ1n) is 8.25. The smallest absolute Gasteiger partial charge is 0.318 e. The normalized spacial score (nSPS) is 19.1. The van der Waals surface area contributed by atoms with Gasteiger partial charge in [0.2, 0.25) is 0 Å². The van der Waals surface area contributed by atoms with Gasteiger partial charge in [-0.1, -0.05) is 30.3 Å². The fourth-order valence-electron chi connectivity index (χ4n) is 2.81. The number of hydrogen-bond acceptors (Lipinski definition) is 4. The van der Waals surface area contributed by atoms with Crippen molar-refractivity contribution in [2.24, 2.45) is 0 Å². The molecule has 24 heavy (non-hydrogen) atoms. The minimum absolute atomic E-state index is 0.0447. The number of carbonyl (C=O) groups excluding carboxylic acids is 1. The lowest BCUT2D eigenvalue weighted by atomic mass is 10.1. The van der Waals surface area contributed by atoms with Gasteiger partial charge in [-0.3, -0.25) is 0 Å². The van der Waals surface area contributed by atoms with E-state index in [1.165, 1.54) is 5.56 Å². The van der Waals surface area contributed by atoms with E-state index in [9.17, 15) is 4.79 Å². The number of morpholine rings is 1. The highest BCUT2D eigenvalue weighted by Crippen LogP contribution is 2.18. The molecule has 0 bridgehead atoms. The fourth-order valence-corrected chi connectivity index (χ4v) is 3.62. The van der Waals surface area contributed by atoms with Crippen molar-refractivity contribution in [3.63, 3.8) is 0 Å². The van der Waals surface area contributed by atoms with Crippen molar-refractivity contribution in [3.8, 4) is 0 Å². The Bertz CT molecular complexity index is 674. The second-order valence-corrected chi connectivity index (χ2v) is 7.02. The van der Waals surface area contributed by atoms with Crippen molar-refractivity contribution in [2.45, 2.75) is 32.4 Å². The molecule has 3 rings (SSSR count). The first kappa shape index (κ1) is 16.9. The summed E-state index contributed by atoms with van der Waals surface area (Å²) in [5.41, 5.74) is 2.22. The molecule has 2 amide bonds. The summed E-state index contributed by atoms with van der Waals surface area (Å²) in [6, 6.07) is 10.1. The van der Waals surface area contributed by atoms with Crippen LogP contribution in [0.1, 0.15) is 29.2 Å². The van der Waals surface area contributed by atoms with Crippen LogP contribution in [0.25, 0.3) is 0 Å². The summed E-state index contributed by atoms with van der Waals surface area (Å²) >= 11 is 1.58. The summed E-state index contributed by atoms with van der Waals surface area (Å²) in [7, 11) is 0. The number of nitrogens with zero attached hydrogens (tertiary/aromatic N) is 2. The molecule has 0 spiro atoms. The van der Waals surface area contributed by atoms with E-state index in [0.29, 0.717) is 19.7 Å². The summed E-state index contributed by atoms with van der Waals surface area (Å²) in [5.74, 6) is 0. The Labute approximate surface area is 146 Å². The topological polar surface area (TPSA) is 54.5 Å². The zero-order valence-corrected chi connectivity index (χ0v) is 14.9. The Balaban J connectivity index is 1.55. The third-order valence-corrected chi connectivity index (χ3v) is 5.22. The highest BCUT2D eigenvalue weighted by atomic mass is 32.1. The summed E-state index contributed by atoms with van der Waals surface area (Å²) < 4.78 is 5.82. The van der Waals surface area contributed by atoms with Crippen molar-refractivity contribution in [3.05, 3.63) is 52.0 Å². The van der Waals surface area contributed by atoms with Crippen molar-refractivity contribution < 1.29 is 9.53 Å². The van der Waals surface area contributed by atoms with Crippen LogP contribution in [0.15, 0.2) is 35.7 Å². The third kappa shape index (κ3) is 4.33. The highest BCUT2D eigenvalue weighted by molar-refractivity contribution is 7.09. The van der Waals surface area contributed by atoms with Crippen LogP contribution < -0.4 is 5.32 Å². The van der Waals surface area contributed by atoms with Crippen molar-refractivity contribution in [1.29, 1.82) is 0 Å². The number of aromatic nitrogens is 1. The van der Waals surface area contributed by atoms with Gasteiger partial charge in [0.05, 0.1) is 18.8 Å². The molecule has 2 atom stereocenters. The van der Waals surface area contributed by atoms with Crippen LogP contribution in [0.5, 0.6) is 0 Å². The van der Waals surface area contributed by atoms with Crippen molar-refractivity contribution in [1.82, 2.24) is 15.2 Å². The quantitative estimate of drug-likeness (QED) is 0.926. The summed E-state index contributed by atoms with van der Waals surface area (Å²) in [4.78, 5) is 18.8. The Morgan fingerprint density at radius 2 is 2.25 bits per heavy atom. The molecule has 6 heteroatoms. The van der Waals surface area contributed by atoms with Crippen LogP contribution in [0.2, 0.25) is 0 Å². The van der Waals surface area contributed by atoms with Crippen LogP contribution in [-0.2, 0) is 11.2 Å². The molecule has 0 unspecified atom stereocenters. The number of urea groups is 1. The zero-order chi connectivity index (χ0) is 16.9. The molecule has 1 aliphatic rings. The number of rotatable bonds is 4. The highest BCUT2D eigenvalue weighted by Gasteiger charge is 2.25. The SMILES string of the molecule is Cc1csc([C@H](C)NC(=O)N2CCO[C@H](Cc3ccccc3)C2)n1. The Morgan fingerprint density at radius 1 is 1.46 bits per heavy atom. The van der Waals surface area contributed by atoms with E-state index in [1.54, 1.807) is 11.3 Å². The minimum Gasteiger partial charge on any atom is -0.374 e. The number of nitrogens with one attached hydrogen (secondary N) is 1. The second-order valence-electron chi connectivity index (χ2n) is 6.13. The second kappa shape index (κ2) is 7.77. The number of benzene rings is 1. The lowest BCUT2D eigenvalue weighted by molar-refractivity contribution is -0.0135. The zero-order valence-electron chi connectivity index (χ0n) is 14.1. The Morgan fingerprint density at radius 3 is 2.96 bits per heavy atom. The number of carbonyl (C=O) groups is 1. The molecule has 1 N–H and O–H groups in total. The number of aryl methyl sites for hydroxylation is 1. The van der Waals surface area contributed by atoms with E-state index in [2.05, 4.69) is 22.4 Å². The van der Waals surface area contributed by atoms with Gasteiger partial charge in [0.15, 0.2) is 0 Å². The Hall–Kier alpha value is -1.92. The van der Waals surface area contributed by atoms with Crippen LogP contribution >= 0.6 is 11.3 Å². The lowest BCUT2D eigenvalue weighted by Gasteiger charge is -2.33. The molecule has 0 aliphatic carbocycles. The summed E-state index contributed by atoms with van der Waals surface area (Å²) in [5, 5.41) is 5.99. The predicted molar refractivity (Wildman–Crippen MR) is 95.3 cm³/mol. The van der Waals surface area contributed by atoms with Crippen molar-refractivity contribution in [2.75, 3.05) is 19.7 Å². The molecule has 2 heterocycles. The maximum absolute atomic E-state index is 12.5. The minimum atomic E-state index is -0.0772. The molecule has 128 valence electrons. The average molecular weight is 345 g/mol. The maximum Gasteiger partial charge on any atom is 0.318 e. The molecule has 1 fully saturated rings. The molecule has 1 saturated heterocycles. The number of ether oxygens (including phenoxy) is 1. The van der Waals surface area contributed by atoms with Gasteiger partial charge < -0.3 is 15.0 Å². The molecular formula is C18H23N3O2S. The number of hydrogen-bond donors (Lipinski definition) is 1. The molecule has 2 aromatic rings. The van der Waals surface area contributed by atoms with Gasteiger partial charge in [-0.15, -0.1) is 11.3 Å². The third-order valence-electron chi connectivity index (χ3n) is 4.08. The molecule has 1 aliphatic heterocycles. The molecule has 5 nitrogen and oxygen atoms in total. The van der Waals surface area contributed by atoms with Gasteiger partial charge in [0.1, 0.15) is 5.01 Å². The summed E-state index contributed by atoms with van der Waals surface area (Å²) in [6.07, 6.45) is 0.871. The van der Waals surface area contributed by atoms with Crippen LogP contribution in [0, 0.1) is 6.92 Å². The fraction of sp³-hybridized carbons (Fsp3) is 0.444. The van der Waals surface area contributed by atoms with Crippen molar-refractivity contribution >= 4 is 17.4 Å². The average Bonchev–Trinajstić information content (AvgIpc) is 3.03. The van der Waals surface area contributed by atoms with Gasteiger partial charge in [0, 0.05) is 30.6 Å². The first-order chi connectivity index (χ1) is 11.6. The van der Waals surface area contributed by atoms with Gasteiger partial charge in [-0.25, -0.2) is 9.78 Å².